The van der Waals surface area contributed by atoms with Crippen molar-refractivity contribution in [3.05, 3.63) is 149 Å². The third kappa shape index (κ3) is 10.6. The third-order valence-corrected chi connectivity index (χ3v) is 15.1. The Hall–Kier alpha value is -6.72. The maximum atomic E-state index is 11.6. The zero-order valence-corrected chi connectivity index (χ0v) is 37.3. The molecule has 0 amide bonds. The van der Waals surface area contributed by atoms with Crippen LogP contribution in [0.4, 0.5) is 0 Å². The number of hydrogen-bond donors (Lipinski definition) is 0. The average Bonchev–Trinajstić information content (AvgIpc) is 3.30. The average molecular weight is 893 g/mol. The highest BCUT2D eigenvalue weighted by Gasteiger charge is 2.36. The second-order valence-electron chi connectivity index (χ2n) is 13.8. The number of carbonyl (C=O) groups excluding carboxylic acids is 4. The predicted octanol–water partition coefficient (Wildman–Crippen LogP) is 9.62. The summed E-state index contributed by atoms with van der Waals surface area (Å²) < 4.78 is 55.6. The number of aldehydes is 4. The van der Waals surface area contributed by atoms with Crippen LogP contribution in [0.5, 0.6) is 51.7 Å². The van der Waals surface area contributed by atoms with Gasteiger partial charge in [0.2, 0.25) is 0 Å². The maximum absolute atomic E-state index is 11.6. The Bertz CT molecular complexity index is 2500. The number of carbonyl (C=O) groups is 4. The van der Waals surface area contributed by atoms with Crippen molar-refractivity contribution < 1.29 is 60.5 Å². The summed E-state index contributed by atoms with van der Waals surface area (Å²) in [6.07, 6.45) is 2.86. The molecule has 0 aliphatic rings. The molecular weight excluding hydrogens is 851 g/mol. The van der Waals surface area contributed by atoms with Crippen LogP contribution >= 0.6 is 17.2 Å². The highest BCUT2D eigenvalue weighted by atomic mass is 31.2. The van der Waals surface area contributed by atoms with Crippen molar-refractivity contribution in [2.24, 2.45) is 0 Å². The van der Waals surface area contributed by atoms with E-state index in [4.69, 9.17) is 41.4 Å². The molecule has 62 heavy (non-hydrogen) atoms. The lowest BCUT2D eigenvalue weighted by Crippen LogP contribution is -2.53. The lowest BCUT2D eigenvalue weighted by Gasteiger charge is -2.29. The Balaban J connectivity index is 1.38. The van der Waals surface area contributed by atoms with E-state index in [-0.39, 0.29) is 28.7 Å². The van der Waals surface area contributed by atoms with Gasteiger partial charge in [-0.05, 0) is 108 Å². The van der Waals surface area contributed by atoms with E-state index in [1.807, 2.05) is 55.5 Å². The van der Waals surface area contributed by atoms with Crippen molar-refractivity contribution in [1.82, 2.24) is 0 Å². The third-order valence-electron chi connectivity index (χ3n) is 9.46. The largest absolute Gasteiger partial charge is 0.530 e. The van der Waals surface area contributed by atoms with Crippen LogP contribution < -0.4 is 51.7 Å². The van der Waals surface area contributed by atoms with Gasteiger partial charge in [-0.15, -0.1) is 0 Å². The Kier molecular flexibility index (Phi) is 15.0. The molecule has 0 aliphatic heterocycles. The minimum atomic E-state index is -2.84. The van der Waals surface area contributed by atoms with Gasteiger partial charge in [-0.25, -0.2) is 0 Å². The van der Waals surface area contributed by atoms with Crippen LogP contribution in [-0.4, -0.2) is 54.5 Å². The second-order valence-corrected chi connectivity index (χ2v) is 20.2. The van der Waals surface area contributed by atoms with Gasteiger partial charge in [-0.3, -0.25) is 19.2 Å². The maximum Gasteiger partial charge on any atom is 0.530 e. The summed E-state index contributed by atoms with van der Waals surface area (Å²) in [4.78, 5) is 46.2. The van der Waals surface area contributed by atoms with Gasteiger partial charge in [0.15, 0.2) is 34.5 Å². The van der Waals surface area contributed by atoms with Gasteiger partial charge < -0.3 is 41.4 Å². The second kappa shape index (κ2) is 20.7. The van der Waals surface area contributed by atoms with Gasteiger partial charge >= 0.3 is 17.2 Å². The van der Waals surface area contributed by atoms with Crippen molar-refractivity contribution in [2.75, 3.05) is 21.3 Å². The first-order valence-corrected chi connectivity index (χ1v) is 24.1. The first kappa shape index (κ1) is 44.8. The fourth-order valence-corrected chi connectivity index (χ4v) is 11.4. The number of rotatable bonds is 21. The minimum Gasteiger partial charge on any atom is -0.493 e. The highest BCUT2D eigenvalue weighted by Crippen LogP contribution is 2.48. The Morgan fingerprint density at radius 2 is 0.694 bits per heavy atom. The van der Waals surface area contributed by atoms with Crippen LogP contribution in [0.3, 0.4) is 0 Å². The normalized spacial score (nSPS) is 11.4. The molecule has 0 aromatic heterocycles. The predicted molar refractivity (Wildman–Crippen MR) is 239 cm³/mol. The van der Waals surface area contributed by atoms with Crippen LogP contribution in [0, 0.1) is 6.92 Å². The number of hydrogen-bond acceptors (Lipinski definition) is 13. The summed E-state index contributed by atoms with van der Waals surface area (Å²) in [7, 11) is -3.04. The molecule has 6 aromatic carbocycles. The van der Waals surface area contributed by atoms with E-state index < -0.39 is 25.3 Å². The van der Waals surface area contributed by atoms with E-state index in [0.29, 0.717) is 69.7 Å². The number of benzene rings is 6. The molecule has 0 aliphatic carbocycles. The molecular formula is C46H42O13P2Si. The molecule has 0 fully saturated rings. The van der Waals surface area contributed by atoms with Crippen molar-refractivity contribution in [3.63, 3.8) is 0 Å². The standard InChI is InChI=1S/C46H42O13P2Si/c1-31-23-32(27-47)15-19-36(31)54-60(55-37-20-16-33(28-48)24-42(37)51-2)58-40-11-7-9-13-45(40)62(5,6)46-14-10-8-12-41(46)59-61(56-38-21-17-34(29-49)25-43(38)52-3)57-39-22-18-35(30-50)26-44(39)53-4/h7-30H,1-6H3. The lowest BCUT2D eigenvalue weighted by atomic mass is 10.1. The summed E-state index contributed by atoms with van der Waals surface area (Å²) in [6.45, 7) is 6.08. The number of methoxy groups -OCH3 is 3. The molecule has 0 bridgehead atoms. The molecule has 6 rings (SSSR count). The van der Waals surface area contributed by atoms with Gasteiger partial charge in [0.25, 0.3) is 0 Å². The zero-order valence-electron chi connectivity index (χ0n) is 34.6. The first-order chi connectivity index (χ1) is 30.0. The Morgan fingerprint density at radius 3 is 1.03 bits per heavy atom. The molecule has 0 heterocycles. The van der Waals surface area contributed by atoms with Crippen molar-refractivity contribution in [3.8, 4) is 51.7 Å². The molecule has 13 nitrogen and oxygen atoms in total. The zero-order chi connectivity index (χ0) is 44.2. The molecule has 0 spiro atoms. The van der Waals surface area contributed by atoms with Crippen molar-refractivity contribution >= 4 is 60.8 Å². The minimum absolute atomic E-state index is 0.252. The summed E-state index contributed by atoms with van der Waals surface area (Å²) in [5.41, 5.74) is 2.32. The van der Waals surface area contributed by atoms with Crippen LogP contribution in [0.2, 0.25) is 13.1 Å². The Morgan fingerprint density at radius 1 is 0.387 bits per heavy atom. The smallest absolute Gasteiger partial charge is 0.493 e. The highest BCUT2D eigenvalue weighted by molar-refractivity contribution is 7.43. The van der Waals surface area contributed by atoms with Crippen LogP contribution in [0.15, 0.2) is 121 Å². The summed E-state index contributed by atoms with van der Waals surface area (Å²) >= 11 is 0. The van der Waals surface area contributed by atoms with E-state index in [9.17, 15) is 19.2 Å². The summed E-state index contributed by atoms with van der Waals surface area (Å²) in [5.74, 6) is 3.00. The molecule has 1 atom stereocenters. The van der Waals surface area contributed by atoms with Crippen molar-refractivity contribution in [2.45, 2.75) is 20.0 Å². The van der Waals surface area contributed by atoms with E-state index in [0.717, 1.165) is 16.7 Å². The topological polar surface area (TPSA) is 151 Å². The fraction of sp³-hybridized carbons (Fsp3) is 0.130. The van der Waals surface area contributed by atoms with Gasteiger partial charge in [0.1, 0.15) is 50.5 Å². The number of ether oxygens (including phenoxy) is 3. The molecule has 0 saturated heterocycles. The van der Waals surface area contributed by atoms with Gasteiger partial charge in [-0.2, -0.15) is 0 Å². The monoisotopic (exact) mass is 892 g/mol. The lowest BCUT2D eigenvalue weighted by molar-refractivity contribution is 0.111. The van der Waals surface area contributed by atoms with Gasteiger partial charge in [0.05, 0.1) is 21.3 Å². The van der Waals surface area contributed by atoms with Gasteiger partial charge in [0, 0.05) is 22.3 Å². The SMILES string of the molecule is COc1cc(C=O)ccc1OP(Oc1ccc(C=O)cc1C)Oc1ccccc1[Si](C)(C)c1ccccc1OP(Oc1ccc(C=O)cc1OC)Oc1ccc(C=O)cc1OC. The molecule has 16 heteroatoms. The van der Waals surface area contributed by atoms with Crippen LogP contribution in [0.25, 0.3) is 0 Å². The summed E-state index contributed by atoms with van der Waals surface area (Å²) in [6, 6.07) is 34.3. The molecule has 6 aromatic rings. The Labute approximate surface area is 362 Å². The molecule has 0 saturated carbocycles. The van der Waals surface area contributed by atoms with E-state index in [1.54, 1.807) is 60.7 Å². The van der Waals surface area contributed by atoms with E-state index in [2.05, 4.69) is 13.1 Å². The molecule has 0 radical (unpaired) electrons. The fourth-order valence-electron chi connectivity index (χ4n) is 6.21. The number of aryl methyl sites for hydroxylation is 1. The quantitative estimate of drug-likeness (QED) is 0.0384. The van der Waals surface area contributed by atoms with Crippen LogP contribution in [0.1, 0.15) is 47.0 Å². The first-order valence-electron chi connectivity index (χ1n) is 18.9. The van der Waals surface area contributed by atoms with E-state index in [1.165, 1.54) is 33.5 Å². The van der Waals surface area contributed by atoms with Gasteiger partial charge in [-0.1, -0.05) is 49.5 Å². The molecule has 0 N–H and O–H groups in total. The van der Waals surface area contributed by atoms with Crippen molar-refractivity contribution in [1.29, 1.82) is 0 Å². The molecule has 1 unspecified atom stereocenters. The number of para-hydroxylation sites is 2. The molecule has 318 valence electrons. The summed E-state index contributed by atoms with van der Waals surface area (Å²) in [5, 5.41) is 1.70. The van der Waals surface area contributed by atoms with E-state index >= 15 is 0 Å². The van der Waals surface area contributed by atoms with Crippen LogP contribution in [-0.2, 0) is 0 Å².